The van der Waals surface area contributed by atoms with Crippen molar-refractivity contribution in [1.82, 2.24) is 10.2 Å². The Hall–Kier alpha value is -3.86. The highest BCUT2D eigenvalue weighted by atomic mass is 35.5. The van der Waals surface area contributed by atoms with Gasteiger partial charge in [-0.15, -0.1) is 10.2 Å². The Bertz CT molecular complexity index is 1630. The van der Waals surface area contributed by atoms with E-state index in [1.54, 1.807) is 42.5 Å². The maximum Gasteiger partial charge on any atom is 0.301 e. The van der Waals surface area contributed by atoms with Gasteiger partial charge in [-0.2, -0.15) is 0 Å². The summed E-state index contributed by atoms with van der Waals surface area (Å²) in [6, 6.07) is 20.6. The number of thioether (sulfide) groups is 1. The van der Waals surface area contributed by atoms with Crippen LogP contribution < -0.4 is 14.4 Å². The quantitative estimate of drug-likeness (QED) is 0.0422. The van der Waals surface area contributed by atoms with Gasteiger partial charge in [-0.05, 0) is 53.9 Å². The number of aromatic nitrogens is 2. The zero-order valence-electron chi connectivity index (χ0n) is 23.7. The van der Waals surface area contributed by atoms with Crippen LogP contribution in [0, 0.1) is 0 Å². The highest BCUT2D eigenvalue weighted by Gasteiger charge is 2.48. The first-order chi connectivity index (χ1) is 20.9. The molecule has 1 amide bonds. The first-order valence-electron chi connectivity index (χ1n) is 13.8. The number of methoxy groups -OCH3 is 1. The Balaban J connectivity index is 1.54. The van der Waals surface area contributed by atoms with E-state index in [0.29, 0.717) is 44.3 Å². The second-order valence-electron chi connectivity index (χ2n) is 9.77. The van der Waals surface area contributed by atoms with Crippen LogP contribution in [-0.4, -0.2) is 40.7 Å². The van der Waals surface area contributed by atoms with E-state index in [9.17, 15) is 14.7 Å². The second-order valence-corrected chi connectivity index (χ2v) is 12.4. The lowest BCUT2D eigenvalue weighted by molar-refractivity contribution is -0.132. The maximum absolute atomic E-state index is 13.6. The molecule has 222 valence electrons. The summed E-state index contributed by atoms with van der Waals surface area (Å²) < 4.78 is 12.2. The number of ketones is 1. The van der Waals surface area contributed by atoms with Gasteiger partial charge >= 0.3 is 5.91 Å². The Morgan fingerprint density at radius 3 is 2.51 bits per heavy atom. The average Bonchev–Trinajstić information content (AvgIpc) is 3.60. The summed E-state index contributed by atoms with van der Waals surface area (Å²) in [6.45, 7) is 2.66. The highest BCUT2D eigenvalue weighted by molar-refractivity contribution is 8.00. The zero-order chi connectivity index (χ0) is 30.3. The smallest absolute Gasteiger partial charge is 0.301 e. The number of hydrogen-bond acceptors (Lipinski definition) is 9. The Kier molecular flexibility index (Phi) is 10.0. The SMILES string of the molecule is CCCCCOc1ccc(C2/C(=C(/O)c3ccc(Cl)cc3)C(=O)C(=O)N2c2nnc(SCc3ccccc3)s2)cc1OC. The molecule has 0 spiro atoms. The largest absolute Gasteiger partial charge is 0.507 e. The van der Waals surface area contributed by atoms with Crippen LogP contribution >= 0.6 is 34.7 Å². The zero-order valence-corrected chi connectivity index (χ0v) is 26.0. The third-order valence-electron chi connectivity index (χ3n) is 6.88. The van der Waals surface area contributed by atoms with Gasteiger partial charge in [0.05, 0.1) is 25.3 Å². The van der Waals surface area contributed by atoms with Gasteiger partial charge in [0, 0.05) is 16.3 Å². The lowest BCUT2D eigenvalue weighted by Crippen LogP contribution is -2.29. The minimum absolute atomic E-state index is 0.0697. The van der Waals surface area contributed by atoms with Crippen molar-refractivity contribution in [2.75, 3.05) is 18.6 Å². The van der Waals surface area contributed by atoms with E-state index in [2.05, 4.69) is 17.1 Å². The lowest BCUT2D eigenvalue weighted by atomic mass is 9.95. The van der Waals surface area contributed by atoms with Crippen molar-refractivity contribution in [3.8, 4) is 11.5 Å². The molecule has 1 saturated heterocycles. The Morgan fingerprint density at radius 2 is 1.79 bits per heavy atom. The molecule has 1 aliphatic heterocycles. The van der Waals surface area contributed by atoms with Crippen LogP contribution in [0.2, 0.25) is 5.02 Å². The van der Waals surface area contributed by atoms with Gasteiger partial charge in [-0.1, -0.05) is 90.9 Å². The topological polar surface area (TPSA) is 102 Å². The van der Waals surface area contributed by atoms with E-state index in [1.165, 1.54) is 35.1 Å². The predicted octanol–water partition coefficient (Wildman–Crippen LogP) is 7.69. The van der Waals surface area contributed by atoms with Crippen LogP contribution in [0.5, 0.6) is 11.5 Å². The molecule has 2 heterocycles. The first-order valence-corrected chi connectivity index (χ1v) is 16.0. The monoisotopic (exact) mass is 635 g/mol. The van der Waals surface area contributed by atoms with Gasteiger partial charge in [0.25, 0.3) is 5.78 Å². The van der Waals surface area contributed by atoms with E-state index < -0.39 is 17.7 Å². The van der Waals surface area contributed by atoms with Crippen LogP contribution in [0.4, 0.5) is 5.13 Å². The fourth-order valence-corrected chi connectivity index (χ4v) is 6.64. The number of carbonyl (C=O) groups is 2. The molecule has 1 fully saturated rings. The molecule has 0 saturated carbocycles. The first kappa shape index (κ1) is 30.6. The van der Waals surface area contributed by atoms with Crippen LogP contribution in [0.15, 0.2) is 82.7 Å². The van der Waals surface area contributed by atoms with E-state index >= 15 is 0 Å². The minimum Gasteiger partial charge on any atom is -0.507 e. The van der Waals surface area contributed by atoms with Gasteiger partial charge in [-0.3, -0.25) is 14.5 Å². The maximum atomic E-state index is 13.6. The summed E-state index contributed by atoms with van der Waals surface area (Å²) in [7, 11) is 1.53. The molecule has 4 aromatic rings. The third kappa shape index (κ3) is 6.87. The molecule has 1 aliphatic rings. The number of Topliss-reactive ketones (excluding diaryl/α,β-unsaturated/α-hetero) is 1. The molecular formula is C32H30ClN3O5S2. The van der Waals surface area contributed by atoms with Crippen molar-refractivity contribution in [2.45, 2.75) is 42.3 Å². The number of carbonyl (C=O) groups excluding carboxylic acids is 2. The number of hydrogen-bond donors (Lipinski definition) is 1. The molecular weight excluding hydrogens is 606 g/mol. The van der Waals surface area contributed by atoms with Crippen molar-refractivity contribution in [3.63, 3.8) is 0 Å². The van der Waals surface area contributed by atoms with Crippen molar-refractivity contribution in [3.05, 3.63) is 100 Å². The number of aliphatic hydroxyl groups excluding tert-OH is 1. The van der Waals surface area contributed by atoms with Gasteiger partial charge in [0.2, 0.25) is 5.13 Å². The molecule has 0 aliphatic carbocycles. The Morgan fingerprint density at radius 1 is 1.02 bits per heavy atom. The van der Waals surface area contributed by atoms with E-state index in [1.807, 2.05) is 30.3 Å². The summed E-state index contributed by atoms with van der Waals surface area (Å²) >= 11 is 8.75. The number of amides is 1. The normalized spacial score (nSPS) is 16.1. The van der Waals surface area contributed by atoms with Crippen molar-refractivity contribution < 1.29 is 24.2 Å². The molecule has 8 nitrogen and oxygen atoms in total. The average molecular weight is 636 g/mol. The van der Waals surface area contributed by atoms with E-state index in [-0.39, 0.29) is 16.5 Å². The standard InChI is InChI=1S/C32H30ClN3O5S2/c1-3-4-8-17-41-24-16-13-22(18-25(24)40-2)27-26(28(37)21-11-14-23(33)15-12-21)29(38)30(39)36(27)31-34-35-32(43-31)42-19-20-9-6-5-7-10-20/h5-7,9-16,18,27,37H,3-4,8,17,19H2,1-2H3/b28-26-. The number of unbranched alkanes of at least 4 members (excludes halogenated alkanes) is 2. The number of rotatable bonds is 12. The van der Waals surface area contributed by atoms with Crippen molar-refractivity contribution in [1.29, 1.82) is 0 Å². The van der Waals surface area contributed by atoms with Gasteiger partial charge in [0.15, 0.2) is 15.8 Å². The van der Waals surface area contributed by atoms with E-state index in [4.69, 9.17) is 21.1 Å². The molecule has 1 N–H and O–H groups in total. The minimum atomic E-state index is -0.987. The summed E-state index contributed by atoms with van der Waals surface area (Å²) in [5, 5.41) is 20.7. The number of nitrogens with zero attached hydrogens (tertiary/aromatic N) is 3. The summed E-state index contributed by atoms with van der Waals surface area (Å²) in [5.41, 5.74) is 1.95. The molecule has 0 bridgehead atoms. The number of aliphatic hydroxyl groups is 1. The molecule has 5 rings (SSSR count). The molecule has 0 radical (unpaired) electrons. The van der Waals surface area contributed by atoms with Crippen molar-refractivity contribution >= 4 is 57.3 Å². The van der Waals surface area contributed by atoms with Crippen LogP contribution in [-0.2, 0) is 15.3 Å². The fraction of sp³-hybridized carbons (Fsp3) is 0.250. The molecule has 43 heavy (non-hydrogen) atoms. The number of halogens is 1. The summed E-state index contributed by atoms with van der Waals surface area (Å²) in [4.78, 5) is 28.4. The van der Waals surface area contributed by atoms with E-state index in [0.717, 1.165) is 24.8 Å². The fourth-order valence-electron chi connectivity index (χ4n) is 4.69. The van der Waals surface area contributed by atoms with Crippen LogP contribution in [0.3, 0.4) is 0 Å². The number of ether oxygens (including phenoxy) is 2. The Labute approximate surface area is 263 Å². The second kappa shape index (κ2) is 14.1. The summed E-state index contributed by atoms with van der Waals surface area (Å²) in [6.07, 6.45) is 3.03. The summed E-state index contributed by atoms with van der Waals surface area (Å²) in [5.74, 6) is -0.287. The highest BCUT2D eigenvalue weighted by Crippen LogP contribution is 2.45. The van der Waals surface area contributed by atoms with Crippen LogP contribution in [0.25, 0.3) is 5.76 Å². The van der Waals surface area contributed by atoms with Crippen LogP contribution in [0.1, 0.15) is 48.9 Å². The predicted molar refractivity (Wildman–Crippen MR) is 170 cm³/mol. The number of anilines is 1. The molecule has 3 aromatic carbocycles. The lowest BCUT2D eigenvalue weighted by Gasteiger charge is -2.23. The number of benzene rings is 3. The van der Waals surface area contributed by atoms with Gasteiger partial charge in [0.1, 0.15) is 5.76 Å². The third-order valence-corrected chi connectivity index (χ3v) is 9.26. The molecule has 1 aromatic heterocycles. The van der Waals surface area contributed by atoms with Gasteiger partial charge in [-0.25, -0.2) is 0 Å². The van der Waals surface area contributed by atoms with Crippen molar-refractivity contribution in [2.24, 2.45) is 0 Å². The van der Waals surface area contributed by atoms with Gasteiger partial charge < -0.3 is 14.6 Å². The molecule has 1 atom stereocenters. The molecule has 11 heteroatoms. The molecule has 1 unspecified atom stereocenters.